The van der Waals surface area contributed by atoms with Crippen molar-refractivity contribution in [1.82, 2.24) is 10.2 Å². The second-order valence-electron chi connectivity index (χ2n) is 6.32. The summed E-state index contributed by atoms with van der Waals surface area (Å²) in [6, 6.07) is 0.802. The summed E-state index contributed by atoms with van der Waals surface area (Å²) in [7, 11) is 1.85. The van der Waals surface area contributed by atoms with E-state index in [9.17, 15) is 0 Å². The van der Waals surface area contributed by atoms with Crippen LogP contribution in [0.25, 0.3) is 0 Å². The van der Waals surface area contributed by atoms with E-state index in [1.54, 1.807) is 0 Å². The van der Waals surface area contributed by atoms with Crippen molar-refractivity contribution in [2.45, 2.75) is 64.0 Å². The molecule has 3 nitrogen and oxygen atoms in total. The molecule has 1 aliphatic carbocycles. The first-order valence-electron chi connectivity index (χ1n) is 8.32. The molecule has 2 fully saturated rings. The number of ether oxygens (including phenoxy) is 1. The monoisotopic (exact) mass is 268 g/mol. The number of likely N-dealkylation sites (tertiary alicyclic amines) is 1. The van der Waals surface area contributed by atoms with Crippen molar-refractivity contribution in [2.24, 2.45) is 5.92 Å². The lowest BCUT2D eigenvalue weighted by molar-refractivity contribution is 0.0393. The Kier molecular flexibility index (Phi) is 6.62. The van der Waals surface area contributed by atoms with Gasteiger partial charge in [-0.25, -0.2) is 0 Å². The highest BCUT2D eigenvalue weighted by atomic mass is 16.5. The molecule has 0 aromatic rings. The van der Waals surface area contributed by atoms with Crippen molar-refractivity contribution in [1.29, 1.82) is 0 Å². The Balaban J connectivity index is 1.64. The third kappa shape index (κ3) is 4.73. The summed E-state index contributed by atoms with van der Waals surface area (Å²) in [6.45, 7) is 7.22. The van der Waals surface area contributed by atoms with Crippen LogP contribution in [0, 0.1) is 5.92 Å². The highest BCUT2D eigenvalue weighted by molar-refractivity contribution is 4.84. The zero-order valence-electron chi connectivity index (χ0n) is 12.9. The van der Waals surface area contributed by atoms with E-state index in [4.69, 9.17) is 4.74 Å². The molecule has 1 aliphatic heterocycles. The van der Waals surface area contributed by atoms with E-state index in [2.05, 4.69) is 17.1 Å². The summed E-state index contributed by atoms with van der Waals surface area (Å²) in [5, 5.41) is 3.75. The van der Waals surface area contributed by atoms with Gasteiger partial charge in [0.1, 0.15) is 0 Å². The Labute approximate surface area is 119 Å². The SMILES string of the molecule is CCCNC1CCCC1CCN1CCC(OC)CC1. The molecule has 0 radical (unpaired) electrons. The summed E-state index contributed by atoms with van der Waals surface area (Å²) in [4.78, 5) is 2.64. The van der Waals surface area contributed by atoms with Crippen LogP contribution in [0.2, 0.25) is 0 Å². The van der Waals surface area contributed by atoms with Crippen LogP contribution in [0.1, 0.15) is 51.9 Å². The molecule has 2 rings (SSSR count). The fourth-order valence-corrected chi connectivity index (χ4v) is 3.70. The van der Waals surface area contributed by atoms with Crippen LogP contribution < -0.4 is 5.32 Å². The van der Waals surface area contributed by atoms with Gasteiger partial charge in [0.2, 0.25) is 0 Å². The lowest BCUT2D eigenvalue weighted by atomic mass is 9.98. The normalized spacial score (nSPS) is 30.0. The minimum atomic E-state index is 0.515. The third-order valence-corrected chi connectivity index (χ3v) is 5.00. The maximum atomic E-state index is 5.44. The molecule has 3 heteroatoms. The molecule has 1 saturated heterocycles. The van der Waals surface area contributed by atoms with Gasteiger partial charge in [-0.2, -0.15) is 0 Å². The van der Waals surface area contributed by atoms with Crippen molar-refractivity contribution in [3.05, 3.63) is 0 Å². The van der Waals surface area contributed by atoms with E-state index in [1.807, 2.05) is 7.11 Å². The molecular weight excluding hydrogens is 236 g/mol. The number of hydrogen-bond donors (Lipinski definition) is 1. The van der Waals surface area contributed by atoms with E-state index in [-0.39, 0.29) is 0 Å². The number of nitrogens with one attached hydrogen (secondary N) is 1. The second kappa shape index (κ2) is 8.23. The maximum absolute atomic E-state index is 5.44. The lowest BCUT2D eigenvalue weighted by Gasteiger charge is -2.32. The molecular formula is C16H32N2O. The van der Waals surface area contributed by atoms with Crippen LogP contribution >= 0.6 is 0 Å². The predicted octanol–water partition coefficient (Wildman–Crippen LogP) is 2.66. The Hall–Kier alpha value is -0.120. The van der Waals surface area contributed by atoms with Gasteiger partial charge in [-0.1, -0.05) is 13.3 Å². The van der Waals surface area contributed by atoms with Crippen LogP contribution in [0.3, 0.4) is 0 Å². The minimum Gasteiger partial charge on any atom is -0.381 e. The molecule has 0 amide bonds. The summed E-state index contributed by atoms with van der Waals surface area (Å²) in [5.41, 5.74) is 0. The van der Waals surface area contributed by atoms with E-state index in [0.717, 1.165) is 12.0 Å². The van der Waals surface area contributed by atoms with E-state index >= 15 is 0 Å². The van der Waals surface area contributed by atoms with Gasteiger partial charge in [0.25, 0.3) is 0 Å². The molecule has 1 N–H and O–H groups in total. The Bertz CT molecular complexity index is 239. The fraction of sp³-hybridized carbons (Fsp3) is 1.00. The topological polar surface area (TPSA) is 24.5 Å². The molecule has 0 bridgehead atoms. The van der Waals surface area contributed by atoms with Crippen molar-refractivity contribution in [3.63, 3.8) is 0 Å². The smallest absolute Gasteiger partial charge is 0.0595 e. The van der Waals surface area contributed by atoms with Crippen molar-refractivity contribution < 1.29 is 4.74 Å². The summed E-state index contributed by atoms with van der Waals surface area (Å²) in [5.74, 6) is 0.923. The van der Waals surface area contributed by atoms with Crippen molar-refractivity contribution in [3.8, 4) is 0 Å². The molecule has 0 aromatic carbocycles. The van der Waals surface area contributed by atoms with E-state index in [1.165, 1.54) is 71.1 Å². The average molecular weight is 268 g/mol. The summed E-state index contributed by atoms with van der Waals surface area (Å²) in [6.07, 6.45) is 9.87. The van der Waals surface area contributed by atoms with Gasteiger partial charge in [0, 0.05) is 26.2 Å². The quantitative estimate of drug-likeness (QED) is 0.768. The Morgan fingerprint density at radius 1 is 1.16 bits per heavy atom. The van der Waals surface area contributed by atoms with Crippen LogP contribution in [-0.2, 0) is 4.74 Å². The molecule has 2 atom stereocenters. The van der Waals surface area contributed by atoms with Gasteiger partial charge >= 0.3 is 0 Å². The number of rotatable bonds is 7. The molecule has 19 heavy (non-hydrogen) atoms. The molecule has 0 aromatic heterocycles. The van der Waals surface area contributed by atoms with Gasteiger partial charge < -0.3 is 15.0 Å². The van der Waals surface area contributed by atoms with Gasteiger partial charge in [-0.3, -0.25) is 0 Å². The number of piperidine rings is 1. The molecule has 1 heterocycles. The second-order valence-corrected chi connectivity index (χ2v) is 6.32. The van der Waals surface area contributed by atoms with E-state index < -0.39 is 0 Å². The number of hydrogen-bond acceptors (Lipinski definition) is 3. The fourth-order valence-electron chi connectivity index (χ4n) is 3.70. The molecule has 112 valence electrons. The standard InChI is InChI=1S/C16H32N2O/c1-3-10-17-16-6-4-5-14(16)7-11-18-12-8-15(19-2)9-13-18/h14-17H,3-13H2,1-2H3. The third-order valence-electron chi connectivity index (χ3n) is 5.00. The highest BCUT2D eigenvalue weighted by Crippen LogP contribution is 2.29. The van der Waals surface area contributed by atoms with Crippen LogP contribution in [0.5, 0.6) is 0 Å². The van der Waals surface area contributed by atoms with Crippen LogP contribution in [-0.4, -0.2) is 50.3 Å². The predicted molar refractivity (Wildman–Crippen MR) is 80.5 cm³/mol. The molecule has 2 aliphatic rings. The lowest BCUT2D eigenvalue weighted by Crippen LogP contribution is -2.39. The average Bonchev–Trinajstić information content (AvgIpc) is 2.91. The zero-order chi connectivity index (χ0) is 13.5. The molecule has 1 saturated carbocycles. The number of nitrogens with zero attached hydrogens (tertiary/aromatic N) is 1. The first-order valence-corrected chi connectivity index (χ1v) is 8.32. The van der Waals surface area contributed by atoms with Crippen LogP contribution in [0.4, 0.5) is 0 Å². The zero-order valence-corrected chi connectivity index (χ0v) is 12.9. The van der Waals surface area contributed by atoms with Gasteiger partial charge in [-0.05, 0) is 57.5 Å². The van der Waals surface area contributed by atoms with Gasteiger partial charge in [-0.15, -0.1) is 0 Å². The Morgan fingerprint density at radius 3 is 2.63 bits per heavy atom. The first kappa shape index (κ1) is 15.3. The molecule has 0 spiro atoms. The van der Waals surface area contributed by atoms with Crippen molar-refractivity contribution in [2.75, 3.05) is 33.3 Å². The first-order chi connectivity index (χ1) is 9.33. The van der Waals surface area contributed by atoms with Gasteiger partial charge in [0.15, 0.2) is 0 Å². The van der Waals surface area contributed by atoms with Crippen molar-refractivity contribution >= 4 is 0 Å². The van der Waals surface area contributed by atoms with Gasteiger partial charge in [0.05, 0.1) is 6.10 Å². The Morgan fingerprint density at radius 2 is 1.95 bits per heavy atom. The maximum Gasteiger partial charge on any atom is 0.0595 e. The van der Waals surface area contributed by atoms with Crippen LogP contribution in [0.15, 0.2) is 0 Å². The number of methoxy groups -OCH3 is 1. The summed E-state index contributed by atoms with van der Waals surface area (Å²) < 4.78 is 5.44. The largest absolute Gasteiger partial charge is 0.381 e. The minimum absolute atomic E-state index is 0.515. The molecule has 2 unspecified atom stereocenters. The highest BCUT2D eigenvalue weighted by Gasteiger charge is 2.27. The summed E-state index contributed by atoms with van der Waals surface area (Å²) >= 11 is 0. The van der Waals surface area contributed by atoms with E-state index in [0.29, 0.717) is 6.10 Å².